The summed E-state index contributed by atoms with van der Waals surface area (Å²) in [5, 5.41) is 2.85. The third-order valence-corrected chi connectivity index (χ3v) is 2.86. The molecule has 0 saturated carbocycles. The number of primary amides is 1. The monoisotopic (exact) mass is 285 g/mol. The number of nitrogens with zero attached hydrogens (tertiary/aromatic N) is 1. The molecule has 2 amide bonds. The number of halogens is 4. The Morgan fingerprint density at radius 2 is 2.05 bits per heavy atom. The van der Waals surface area contributed by atoms with Crippen LogP contribution in [0.3, 0.4) is 0 Å². The average Bonchev–Trinajstić information content (AvgIpc) is 2.35. The molecule has 5 nitrogen and oxygen atoms in total. The van der Waals surface area contributed by atoms with Gasteiger partial charge in [0.2, 0.25) is 5.91 Å². The maximum atomic E-state index is 13.1. The normalized spacial score (nSPS) is 20.4. The second-order valence-corrected chi connectivity index (χ2v) is 4.32. The Kier molecular flexibility index (Phi) is 5.10. The van der Waals surface area contributed by atoms with Gasteiger partial charge in [-0.3, -0.25) is 9.59 Å². The van der Waals surface area contributed by atoms with Crippen molar-refractivity contribution >= 4 is 11.8 Å². The molecular formula is C10H15F4N3O2. The maximum Gasteiger partial charge on any atom is 0.383 e. The SMILES string of the molecule is NC(=O)CN(C(=O)C(F)(F)C(F)F)C1CCCNC1. The molecule has 1 rings (SSSR count). The predicted molar refractivity (Wildman–Crippen MR) is 57.8 cm³/mol. The number of carbonyl (C=O) groups is 2. The van der Waals surface area contributed by atoms with Crippen LogP contribution >= 0.6 is 0 Å². The summed E-state index contributed by atoms with van der Waals surface area (Å²) in [5.74, 6) is -7.90. The van der Waals surface area contributed by atoms with Crippen molar-refractivity contribution in [3.05, 3.63) is 0 Å². The summed E-state index contributed by atoms with van der Waals surface area (Å²) in [4.78, 5) is 22.8. The third-order valence-electron chi connectivity index (χ3n) is 2.86. The minimum Gasteiger partial charge on any atom is -0.368 e. The lowest BCUT2D eigenvalue weighted by Crippen LogP contribution is -2.57. The molecule has 0 spiro atoms. The molecule has 0 bridgehead atoms. The van der Waals surface area contributed by atoms with Crippen LogP contribution in [-0.2, 0) is 9.59 Å². The highest BCUT2D eigenvalue weighted by molar-refractivity contribution is 5.88. The van der Waals surface area contributed by atoms with Gasteiger partial charge in [0, 0.05) is 12.6 Å². The molecule has 1 unspecified atom stereocenters. The lowest BCUT2D eigenvalue weighted by Gasteiger charge is -2.35. The van der Waals surface area contributed by atoms with Crippen LogP contribution in [-0.4, -0.2) is 54.7 Å². The Labute approximate surface area is 107 Å². The first kappa shape index (κ1) is 15.7. The van der Waals surface area contributed by atoms with E-state index in [1.807, 2.05) is 0 Å². The first-order valence-electron chi connectivity index (χ1n) is 5.73. The summed E-state index contributed by atoms with van der Waals surface area (Å²) in [7, 11) is 0. The van der Waals surface area contributed by atoms with Gasteiger partial charge in [-0.25, -0.2) is 8.78 Å². The Balaban J connectivity index is 2.89. The summed E-state index contributed by atoms with van der Waals surface area (Å²) in [6.07, 6.45) is -3.18. The van der Waals surface area contributed by atoms with Crippen LogP contribution in [0, 0.1) is 0 Å². The van der Waals surface area contributed by atoms with Gasteiger partial charge in [0.1, 0.15) is 0 Å². The first-order chi connectivity index (χ1) is 8.76. The number of nitrogens with two attached hydrogens (primary N) is 1. The lowest BCUT2D eigenvalue weighted by atomic mass is 10.0. The van der Waals surface area contributed by atoms with Gasteiger partial charge in [-0.1, -0.05) is 0 Å². The molecule has 0 aromatic heterocycles. The molecule has 1 aliphatic heterocycles. The average molecular weight is 285 g/mol. The number of rotatable bonds is 5. The van der Waals surface area contributed by atoms with Crippen LogP contribution in [0.15, 0.2) is 0 Å². The van der Waals surface area contributed by atoms with Crippen LogP contribution in [0.5, 0.6) is 0 Å². The zero-order valence-electron chi connectivity index (χ0n) is 10.0. The van der Waals surface area contributed by atoms with E-state index in [-0.39, 0.29) is 6.54 Å². The molecule has 1 fully saturated rings. The molecule has 0 aromatic carbocycles. The van der Waals surface area contributed by atoms with Gasteiger partial charge in [0.15, 0.2) is 0 Å². The Morgan fingerprint density at radius 1 is 1.42 bits per heavy atom. The van der Waals surface area contributed by atoms with Gasteiger partial charge < -0.3 is 16.0 Å². The predicted octanol–water partition coefficient (Wildman–Crippen LogP) is -0.0473. The van der Waals surface area contributed by atoms with E-state index in [0.29, 0.717) is 24.3 Å². The Bertz CT molecular complexity index is 346. The van der Waals surface area contributed by atoms with Gasteiger partial charge in [0.05, 0.1) is 6.54 Å². The largest absolute Gasteiger partial charge is 0.383 e. The number of hydrogen-bond acceptors (Lipinski definition) is 3. The standard InChI is InChI=1S/C10H15F4N3O2/c11-8(12)10(13,14)9(19)17(5-7(15)18)6-2-1-3-16-4-6/h6,8,16H,1-5H2,(H2,15,18). The van der Waals surface area contributed by atoms with Crippen molar-refractivity contribution in [1.82, 2.24) is 10.2 Å². The fourth-order valence-electron chi connectivity index (χ4n) is 1.92. The number of hydrogen-bond donors (Lipinski definition) is 2. The van der Waals surface area contributed by atoms with Crippen LogP contribution in [0.4, 0.5) is 17.6 Å². The van der Waals surface area contributed by atoms with E-state index in [9.17, 15) is 27.2 Å². The summed E-state index contributed by atoms with van der Waals surface area (Å²) >= 11 is 0. The summed E-state index contributed by atoms with van der Waals surface area (Å²) in [6.45, 7) is 0.00612. The number of carbonyl (C=O) groups excluding carboxylic acids is 2. The molecule has 9 heteroatoms. The van der Waals surface area contributed by atoms with Crippen molar-refractivity contribution in [3.8, 4) is 0 Å². The van der Waals surface area contributed by atoms with Crippen LogP contribution in [0.1, 0.15) is 12.8 Å². The minimum absolute atomic E-state index is 0.165. The fraction of sp³-hybridized carbons (Fsp3) is 0.800. The number of amides is 2. The van der Waals surface area contributed by atoms with Crippen molar-refractivity contribution in [2.45, 2.75) is 31.2 Å². The molecule has 1 aliphatic rings. The molecule has 0 radical (unpaired) electrons. The van der Waals surface area contributed by atoms with Crippen molar-refractivity contribution in [1.29, 1.82) is 0 Å². The molecule has 1 heterocycles. The van der Waals surface area contributed by atoms with E-state index >= 15 is 0 Å². The topological polar surface area (TPSA) is 75.4 Å². The van der Waals surface area contributed by atoms with Crippen molar-refractivity contribution < 1.29 is 27.2 Å². The zero-order valence-corrected chi connectivity index (χ0v) is 10.0. The highest BCUT2D eigenvalue weighted by Crippen LogP contribution is 2.27. The van der Waals surface area contributed by atoms with Crippen LogP contribution in [0.2, 0.25) is 0 Å². The second kappa shape index (κ2) is 6.18. The second-order valence-electron chi connectivity index (χ2n) is 4.32. The molecule has 0 aliphatic carbocycles. The van der Waals surface area contributed by atoms with E-state index in [1.165, 1.54) is 0 Å². The zero-order chi connectivity index (χ0) is 14.6. The smallest absolute Gasteiger partial charge is 0.368 e. The summed E-state index contributed by atoms with van der Waals surface area (Å²) < 4.78 is 50.6. The van der Waals surface area contributed by atoms with Gasteiger partial charge in [-0.15, -0.1) is 0 Å². The molecular weight excluding hydrogens is 270 g/mol. The fourth-order valence-corrected chi connectivity index (χ4v) is 1.92. The molecule has 3 N–H and O–H groups in total. The minimum atomic E-state index is -4.81. The number of piperidine rings is 1. The third kappa shape index (κ3) is 3.79. The molecule has 0 aromatic rings. The summed E-state index contributed by atoms with van der Waals surface area (Å²) in [5.41, 5.74) is 4.87. The van der Waals surface area contributed by atoms with Gasteiger partial charge >= 0.3 is 12.3 Å². The van der Waals surface area contributed by atoms with E-state index in [1.54, 1.807) is 0 Å². The van der Waals surface area contributed by atoms with Gasteiger partial charge in [-0.05, 0) is 19.4 Å². The quantitative estimate of drug-likeness (QED) is 0.696. The van der Waals surface area contributed by atoms with Crippen molar-refractivity contribution in [2.24, 2.45) is 5.73 Å². The number of nitrogens with one attached hydrogen (secondary N) is 1. The molecule has 110 valence electrons. The molecule has 1 atom stereocenters. The van der Waals surface area contributed by atoms with Crippen molar-refractivity contribution in [3.63, 3.8) is 0 Å². The summed E-state index contributed by atoms with van der Waals surface area (Å²) in [6, 6.07) is -0.738. The highest BCUT2D eigenvalue weighted by atomic mass is 19.3. The Morgan fingerprint density at radius 3 is 2.47 bits per heavy atom. The van der Waals surface area contributed by atoms with Crippen LogP contribution in [0.25, 0.3) is 0 Å². The van der Waals surface area contributed by atoms with E-state index in [4.69, 9.17) is 5.73 Å². The maximum absolute atomic E-state index is 13.1. The molecule has 1 saturated heterocycles. The van der Waals surface area contributed by atoms with Gasteiger partial charge in [-0.2, -0.15) is 8.78 Å². The van der Waals surface area contributed by atoms with Crippen molar-refractivity contribution in [2.75, 3.05) is 19.6 Å². The van der Waals surface area contributed by atoms with Crippen LogP contribution < -0.4 is 11.1 Å². The molecule has 19 heavy (non-hydrogen) atoms. The lowest BCUT2D eigenvalue weighted by molar-refractivity contribution is -0.183. The van der Waals surface area contributed by atoms with E-state index < -0.39 is 36.7 Å². The van der Waals surface area contributed by atoms with Gasteiger partial charge in [0.25, 0.3) is 5.91 Å². The highest BCUT2D eigenvalue weighted by Gasteiger charge is 2.52. The van der Waals surface area contributed by atoms with E-state index in [0.717, 1.165) is 0 Å². The Hall–Kier alpha value is -1.38. The van der Waals surface area contributed by atoms with E-state index in [2.05, 4.69) is 5.32 Å². The first-order valence-corrected chi connectivity index (χ1v) is 5.73. The number of alkyl halides is 4.